The standard InChI is InChI=1S/C15H12BrNO3/c1-9-2-7-12(8-13(9)15(19)20)17-14(18)10-3-5-11(16)6-4-10/h2-8H,1H3,(H,17,18)(H,19,20). The Balaban J connectivity index is 2.21. The highest BCUT2D eigenvalue weighted by molar-refractivity contribution is 9.10. The van der Waals surface area contributed by atoms with Gasteiger partial charge in [-0.25, -0.2) is 4.79 Å². The summed E-state index contributed by atoms with van der Waals surface area (Å²) < 4.78 is 0.887. The van der Waals surface area contributed by atoms with E-state index in [-0.39, 0.29) is 11.5 Å². The number of halogens is 1. The molecule has 20 heavy (non-hydrogen) atoms. The second-order valence-electron chi connectivity index (χ2n) is 4.30. The van der Waals surface area contributed by atoms with Crippen LogP contribution in [0.25, 0.3) is 0 Å². The van der Waals surface area contributed by atoms with E-state index in [0.717, 1.165) is 4.47 Å². The molecule has 0 saturated heterocycles. The highest BCUT2D eigenvalue weighted by Gasteiger charge is 2.10. The first-order chi connectivity index (χ1) is 9.47. The summed E-state index contributed by atoms with van der Waals surface area (Å²) in [6.45, 7) is 1.71. The van der Waals surface area contributed by atoms with Crippen molar-refractivity contribution in [3.05, 3.63) is 63.6 Å². The molecule has 0 aromatic heterocycles. The third-order valence-corrected chi connectivity index (χ3v) is 3.36. The Kier molecular flexibility index (Phi) is 4.20. The molecule has 4 nitrogen and oxygen atoms in total. The molecule has 2 N–H and O–H groups in total. The number of anilines is 1. The van der Waals surface area contributed by atoms with E-state index in [1.165, 1.54) is 6.07 Å². The van der Waals surface area contributed by atoms with Crippen LogP contribution in [0, 0.1) is 6.92 Å². The van der Waals surface area contributed by atoms with Crippen LogP contribution in [0.1, 0.15) is 26.3 Å². The number of aryl methyl sites for hydroxylation is 1. The second kappa shape index (κ2) is 5.88. The zero-order chi connectivity index (χ0) is 14.7. The van der Waals surface area contributed by atoms with Gasteiger partial charge in [-0.1, -0.05) is 22.0 Å². The van der Waals surface area contributed by atoms with Crippen molar-refractivity contribution in [1.82, 2.24) is 0 Å². The summed E-state index contributed by atoms with van der Waals surface area (Å²) in [5.41, 5.74) is 1.80. The lowest BCUT2D eigenvalue weighted by molar-refractivity contribution is 0.0695. The van der Waals surface area contributed by atoms with Crippen LogP contribution in [-0.2, 0) is 0 Å². The van der Waals surface area contributed by atoms with E-state index in [0.29, 0.717) is 16.8 Å². The van der Waals surface area contributed by atoms with Gasteiger partial charge in [0.25, 0.3) is 5.91 Å². The minimum absolute atomic E-state index is 0.179. The highest BCUT2D eigenvalue weighted by Crippen LogP contribution is 2.17. The van der Waals surface area contributed by atoms with Gasteiger partial charge in [0, 0.05) is 15.7 Å². The number of aromatic carboxylic acids is 1. The Morgan fingerprint density at radius 2 is 1.75 bits per heavy atom. The molecule has 102 valence electrons. The quantitative estimate of drug-likeness (QED) is 0.899. The van der Waals surface area contributed by atoms with Gasteiger partial charge >= 0.3 is 5.97 Å². The fourth-order valence-electron chi connectivity index (χ4n) is 1.73. The molecule has 0 radical (unpaired) electrons. The van der Waals surface area contributed by atoms with Gasteiger partial charge in [0.15, 0.2) is 0 Å². The molecular weight excluding hydrogens is 322 g/mol. The Morgan fingerprint density at radius 3 is 2.35 bits per heavy atom. The minimum atomic E-state index is -1.01. The molecule has 2 aromatic rings. The lowest BCUT2D eigenvalue weighted by Gasteiger charge is -2.08. The molecule has 0 heterocycles. The second-order valence-corrected chi connectivity index (χ2v) is 5.21. The summed E-state index contributed by atoms with van der Waals surface area (Å²) in [5.74, 6) is -1.29. The van der Waals surface area contributed by atoms with Gasteiger partial charge in [-0.15, -0.1) is 0 Å². The largest absolute Gasteiger partial charge is 0.478 e. The molecule has 0 aliphatic rings. The van der Waals surface area contributed by atoms with Crippen molar-refractivity contribution in [2.45, 2.75) is 6.92 Å². The Morgan fingerprint density at radius 1 is 1.10 bits per heavy atom. The van der Waals surface area contributed by atoms with Gasteiger partial charge in [0.1, 0.15) is 0 Å². The van der Waals surface area contributed by atoms with Crippen molar-refractivity contribution in [3.8, 4) is 0 Å². The predicted octanol–water partition coefficient (Wildman–Crippen LogP) is 3.71. The Bertz CT molecular complexity index is 665. The molecule has 0 aliphatic heterocycles. The van der Waals surface area contributed by atoms with Crippen molar-refractivity contribution >= 4 is 33.5 Å². The lowest BCUT2D eigenvalue weighted by Crippen LogP contribution is -2.12. The third kappa shape index (κ3) is 3.24. The average Bonchev–Trinajstić information content (AvgIpc) is 2.41. The van der Waals surface area contributed by atoms with E-state index in [1.54, 1.807) is 43.3 Å². The first kappa shape index (κ1) is 14.3. The van der Waals surface area contributed by atoms with Crippen molar-refractivity contribution < 1.29 is 14.7 Å². The number of carboxylic acids is 1. The molecule has 0 bridgehead atoms. The molecule has 2 aromatic carbocycles. The van der Waals surface area contributed by atoms with Gasteiger partial charge in [0.05, 0.1) is 5.56 Å². The van der Waals surface area contributed by atoms with Gasteiger partial charge in [-0.2, -0.15) is 0 Å². The molecule has 0 unspecified atom stereocenters. The van der Waals surface area contributed by atoms with Crippen LogP contribution in [0.3, 0.4) is 0 Å². The van der Waals surface area contributed by atoms with Crippen LogP contribution in [0.2, 0.25) is 0 Å². The summed E-state index contributed by atoms with van der Waals surface area (Å²) in [4.78, 5) is 23.1. The number of nitrogens with one attached hydrogen (secondary N) is 1. The number of carbonyl (C=O) groups excluding carboxylic acids is 1. The molecule has 5 heteroatoms. The summed E-state index contributed by atoms with van der Waals surface area (Å²) >= 11 is 3.30. The molecule has 1 amide bonds. The molecule has 0 aliphatic carbocycles. The maximum absolute atomic E-state index is 12.0. The summed E-state index contributed by atoms with van der Waals surface area (Å²) in [6, 6.07) is 11.7. The minimum Gasteiger partial charge on any atom is -0.478 e. The van der Waals surface area contributed by atoms with Gasteiger partial charge in [0.2, 0.25) is 0 Å². The van der Waals surface area contributed by atoms with E-state index in [4.69, 9.17) is 5.11 Å². The van der Waals surface area contributed by atoms with E-state index in [2.05, 4.69) is 21.2 Å². The molecule has 0 atom stereocenters. The van der Waals surface area contributed by atoms with Crippen LogP contribution in [-0.4, -0.2) is 17.0 Å². The Labute approximate surface area is 124 Å². The van der Waals surface area contributed by atoms with Crippen molar-refractivity contribution in [2.75, 3.05) is 5.32 Å². The topological polar surface area (TPSA) is 66.4 Å². The van der Waals surface area contributed by atoms with Crippen LogP contribution in [0.5, 0.6) is 0 Å². The first-order valence-corrected chi connectivity index (χ1v) is 6.67. The van der Waals surface area contributed by atoms with E-state index >= 15 is 0 Å². The number of amides is 1. The van der Waals surface area contributed by atoms with E-state index < -0.39 is 5.97 Å². The van der Waals surface area contributed by atoms with E-state index in [9.17, 15) is 9.59 Å². The first-order valence-electron chi connectivity index (χ1n) is 5.88. The third-order valence-electron chi connectivity index (χ3n) is 2.83. The number of benzene rings is 2. The smallest absolute Gasteiger partial charge is 0.336 e. The summed E-state index contributed by atoms with van der Waals surface area (Å²) in [7, 11) is 0. The van der Waals surface area contributed by atoms with Gasteiger partial charge in [-0.3, -0.25) is 4.79 Å². The monoisotopic (exact) mass is 333 g/mol. The van der Waals surface area contributed by atoms with Crippen LogP contribution >= 0.6 is 15.9 Å². The maximum Gasteiger partial charge on any atom is 0.336 e. The van der Waals surface area contributed by atoms with Crippen LogP contribution < -0.4 is 5.32 Å². The normalized spacial score (nSPS) is 10.1. The fraction of sp³-hybridized carbons (Fsp3) is 0.0667. The molecule has 0 spiro atoms. The molecule has 0 fully saturated rings. The SMILES string of the molecule is Cc1ccc(NC(=O)c2ccc(Br)cc2)cc1C(=O)O. The van der Waals surface area contributed by atoms with Crippen LogP contribution in [0.15, 0.2) is 46.9 Å². The zero-order valence-corrected chi connectivity index (χ0v) is 12.3. The predicted molar refractivity (Wildman–Crippen MR) is 80.2 cm³/mol. The Hall–Kier alpha value is -2.14. The van der Waals surface area contributed by atoms with Crippen molar-refractivity contribution in [1.29, 1.82) is 0 Å². The molecular formula is C15H12BrNO3. The van der Waals surface area contributed by atoms with Gasteiger partial charge in [-0.05, 0) is 48.9 Å². The summed E-state index contributed by atoms with van der Waals surface area (Å²) in [5, 5.41) is 11.7. The number of carbonyl (C=O) groups is 2. The number of hydrogen-bond acceptors (Lipinski definition) is 2. The number of carboxylic acid groups (broad SMARTS) is 1. The number of hydrogen-bond donors (Lipinski definition) is 2. The zero-order valence-electron chi connectivity index (χ0n) is 10.7. The van der Waals surface area contributed by atoms with Crippen molar-refractivity contribution in [2.24, 2.45) is 0 Å². The molecule has 0 saturated carbocycles. The van der Waals surface area contributed by atoms with E-state index in [1.807, 2.05) is 0 Å². The lowest BCUT2D eigenvalue weighted by atomic mass is 10.1. The van der Waals surface area contributed by atoms with Crippen molar-refractivity contribution in [3.63, 3.8) is 0 Å². The highest BCUT2D eigenvalue weighted by atomic mass is 79.9. The molecule has 2 rings (SSSR count). The number of rotatable bonds is 3. The van der Waals surface area contributed by atoms with Crippen LogP contribution in [0.4, 0.5) is 5.69 Å². The maximum atomic E-state index is 12.0. The summed E-state index contributed by atoms with van der Waals surface area (Å²) in [6.07, 6.45) is 0. The average molecular weight is 334 g/mol. The van der Waals surface area contributed by atoms with Gasteiger partial charge < -0.3 is 10.4 Å². The fourth-order valence-corrected chi connectivity index (χ4v) is 2.00.